The highest BCUT2D eigenvalue weighted by atomic mass is 16.6. The summed E-state index contributed by atoms with van der Waals surface area (Å²) in [6, 6.07) is 4.54. The zero-order valence-corrected chi connectivity index (χ0v) is 12.0. The Bertz CT molecular complexity index is 442. The van der Waals surface area contributed by atoms with Crippen LogP contribution in [0.15, 0.2) is 18.2 Å². The van der Waals surface area contributed by atoms with Gasteiger partial charge in [-0.1, -0.05) is 0 Å². The SMILES string of the molecule is COc1ccc([N+](=O)[O-])c(NCCOCCOCCN)c1. The fourth-order valence-electron chi connectivity index (χ4n) is 1.61. The molecule has 0 saturated carbocycles. The number of nitro benzene ring substituents is 1. The highest BCUT2D eigenvalue weighted by molar-refractivity contribution is 5.64. The van der Waals surface area contributed by atoms with Gasteiger partial charge in [-0.2, -0.15) is 0 Å². The Morgan fingerprint density at radius 3 is 2.57 bits per heavy atom. The molecule has 0 aliphatic heterocycles. The topological polar surface area (TPSA) is 109 Å². The first-order valence-electron chi connectivity index (χ1n) is 6.61. The summed E-state index contributed by atoms with van der Waals surface area (Å²) in [7, 11) is 1.51. The molecule has 8 heteroatoms. The lowest BCUT2D eigenvalue weighted by molar-refractivity contribution is -0.384. The van der Waals surface area contributed by atoms with Crippen LogP contribution in [-0.2, 0) is 9.47 Å². The number of hydrogen-bond acceptors (Lipinski definition) is 7. The molecule has 0 heterocycles. The van der Waals surface area contributed by atoms with Crippen LogP contribution >= 0.6 is 0 Å². The van der Waals surface area contributed by atoms with Crippen molar-refractivity contribution in [2.24, 2.45) is 5.73 Å². The third kappa shape index (κ3) is 6.39. The molecule has 0 spiro atoms. The third-order valence-corrected chi connectivity index (χ3v) is 2.60. The molecular formula is C13H21N3O5. The summed E-state index contributed by atoms with van der Waals surface area (Å²) >= 11 is 0. The van der Waals surface area contributed by atoms with E-state index in [0.29, 0.717) is 51.0 Å². The number of anilines is 1. The molecular weight excluding hydrogens is 278 g/mol. The minimum atomic E-state index is -0.441. The van der Waals surface area contributed by atoms with Gasteiger partial charge in [0.25, 0.3) is 5.69 Å². The molecule has 1 aromatic carbocycles. The summed E-state index contributed by atoms with van der Waals surface area (Å²) in [6.45, 7) is 2.81. The van der Waals surface area contributed by atoms with E-state index in [1.54, 1.807) is 12.1 Å². The minimum absolute atomic E-state index is 0.00193. The van der Waals surface area contributed by atoms with Crippen LogP contribution in [0.3, 0.4) is 0 Å². The first kappa shape index (κ1) is 17.2. The second-order valence-electron chi connectivity index (χ2n) is 4.08. The molecule has 0 atom stereocenters. The lowest BCUT2D eigenvalue weighted by atomic mass is 10.2. The van der Waals surface area contributed by atoms with E-state index >= 15 is 0 Å². The summed E-state index contributed by atoms with van der Waals surface area (Å²) < 4.78 is 15.5. The molecule has 0 unspecified atom stereocenters. The van der Waals surface area contributed by atoms with E-state index in [2.05, 4.69) is 5.32 Å². The molecule has 118 valence electrons. The van der Waals surface area contributed by atoms with Crippen molar-refractivity contribution < 1.29 is 19.1 Å². The number of rotatable bonds is 11. The van der Waals surface area contributed by atoms with E-state index < -0.39 is 4.92 Å². The molecule has 0 aromatic heterocycles. The minimum Gasteiger partial charge on any atom is -0.497 e. The van der Waals surface area contributed by atoms with Crippen molar-refractivity contribution in [2.45, 2.75) is 0 Å². The number of nitrogens with zero attached hydrogens (tertiary/aromatic N) is 1. The van der Waals surface area contributed by atoms with Crippen LogP contribution < -0.4 is 15.8 Å². The van der Waals surface area contributed by atoms with Gasteiger partial charge in [0.1, 0.15) is 11.4 Å². The lowest BCUT2D eigenvalue weighted by Crippen LogP contribution is -2.15. The highest BCUT2D eigenvalue weighted by Gasteiger charge is 2.13. The molecule has 0 saturated heterocycles. The largest absolute Gasteiger partial charge is 0.497 e. The normalized spacial score (nSPS) is 10.4. The monoisotopic (exact) mass is 299 g/mol. The van der Waals surface area contributed by atoms with Crippen LogP contribution in [0.4, 0.5) is 11.4 Å². The van der Waals surface area contributed by atoms with Gasteiger partial charge in [0.2, 0.25) is 0 Å². The van der Waals surface area contributed by atoms with Crippen LogP contribution in [-0.4, -0.2) is 51.6 Å². The molecule has 0 fully saturated rings. The molecule has 3 N–H and O–H groups in total. The van der Waals surface area contributed by atoms with Crippen molar-refractivity contribution in [2.75, 3.05) is 51.9 Å². The van der Waals surface area contributed by atoms with Crippen molar-refractivity contribution in [3.8, 4) is 5.75 Å². The average molecular weight is 299 g/mol. The molecule has 21 heavy (non-hydrogen) atoms. The lowest BCUT2D eigenvalue weighted by Gasteiger charge is -2.09. The quantitative estimate of drug-likeness (QED) is 0.356. The third-order valence-electron chi connectivity index (χ3n) is 2.60. The number of methoxy groups -OCH3 is 1. The second kappa shape index (κ2) is 9.92. The van der Waals surface area contributed by atoms with Crippen molar-refractivity contribution in [3.05, 3.63) is 28.3 Å². The molecule has 8 nitrogen and oxygen atoms in total. The Morgan fingerprint density at radius 2 is 1.95 bits per heavy atom. The zero-order valence-electron chi connectivity index (χ0n) is 12.0. The summed E-state index contributed by atoms with van der Waals surface area (Å²) in [5, 5.41) is 13.9. The van der Waals surface area contributed by atoms with E-state index in [-0.39, 0.29) is 5.69 Å². The molecule has 1 rings (SSSR count). The van der Waals surface area contributed by atoms with Gasteiger partial charge < -0.3 is 25.3 Å². The van der Waals surface area contributed by atoms with Crippen LogP contribution in [0.2, 0.25) is 0 Å². The molecule has 0 aliphatic rings. The van der Waals surface area contributed by atoms with E-state index in [9.17, 15) is 10.1 Å². The predicted molar refractivity (Wildman–Crippen MR) is 78.8 cm³/mol. The summed E-state index contributed by atoms with van der Waals surface area (Å²) in [5.41, 5.74) is 5.68. The van der Waals surface area contributed by atoms with E-state index in [1.165, 1.54) is 13.2 Å². The fourth-order valence-corrected chi connectivity index (χ4v) is 1.61. The van der Waals surface area contributed by atoms with Gasteiger partial charge >= 0.3 is 0 Å². The standard InChI is InChI=1S/C13H21N3O5/c1-19-11-2-3-13(16(17)18)12(10-11)15-5-7-21-9-8-20-6-4-14/h2-3,10,15H,4-9,14H2,1H3. The summed E-state index contributed by atoms with van der Waals surface area (Å²) in [4.78, 5) is 10.5. The molecule has 0 amide bonds. The Hall–Kier alpha value is -1.90. The Kier molecular flexibility index (Phi) is 8.10. The predicted octanol–water partition coefficient (Wildman–Crippen LogP) is 1.01. The average Bonchev–Trinajstić information content (AvgIpc) is 2.49. The number of nitrogens with two attached hydrogens (primary N) is 1. The Labute approximate surface area is 123 Å². The zero-order chi connectivity index (χ0) is 15.5. The second-order valence-corrected chi connectivity index (χ2v) is 4.08. The van der Waals surface area contributed by atoms with Crippen molar-refractivity contribution >= 4 is 11.4 Å². The molecule has 0 bridgehead atoms. The number of benzene rings is 1. The van der Waals surface area contributed by atoms with Crippen molar-refractivity contribution in [3.63, 3.8) is 0 Å². The van der Waals surface area contributed by atoms with Crippen molar-refractivity contribution in [1.29, 1.82) is 0 Å². The highest BCUT2D eigenvalue weighted by Crippen LogP contribution is 2.28. The Balaban J connectivity index is 2.35. The number of nitro groups is 1. The van der Waals surface area contributed by atoms with Gasteiger partial charge in [0, 0.05) is 25.2 Å². The smallest absolute Gasteiger partial charge is 0.292 e. The molecule has 1 aromatic rings. The van der Waals surface area contributed by atoms with E-state index in [4.69, 9.17) is 19.9 Å². The van der Waals surface area contributed by atoms with Crippen molar-refractivity contribution in [1.82, 2.24) is 0 Å². The first-order chi connectivity index (χ1) is 10.2. The van der Waals surface area contributed by atoms with Gasteiger partial charge in [-0.25, -0.2) is 0 Å². The van der Waals surface area contributed by atoms with Crippen LogP contribution in [0.1, 0.15) is 0 Å². The molecule has 0 radical (unpaired) electrons. The summed E-state index contributed by atoms with van der Waals surface area (Å²) in [5.74, 6) is 0.555. The fraction of sp³-hybridized carbons (Fsp3) is 0.538. The van der Waals surface area contributed by atoms with E-state index in [0.717, 1.165) is 0 Å². The van der Waals surface area contributed by atoms with Gasteiger partial charge in [-0.05, 0) is 6.07 Å². The Morgan fingerprint density at radius 1 is 1.24 bits per heavy atom. The van der Waals surface area contributed by atoms with Gasteiger partial charge in [-0.3, -0.25) is 10.1 Å². The van der Waals surface area contributed by atoms with E-state index in [1.807, 2.05) is 0 Å². The number of ether oxygens (including phenoxy) is 3. The van der Waals surface area contributed by atoms with Crippen LogP contribution in [0.25, 0.3) is 0 Å². The maximum Gasteiger partial charge on any atom is 0.292 e. The van der Waals surface area contributed by atoms with Crippen LogP contribution in [0.5, 0.6) is 5.75 Å². The van der Waals surface area contributed by atoms with Gasteiger partial charge in [0.15, 0.2) is 0 Å². The number of hydrogen-bond donors (Lipinski definition) is 2. The van der Waals surface area contributed by atoms with Gasteiger partial charge in [-0.15, -0.1) is 0 Å². The number of nitrogens with one attached hydrogen (secondary N) is 1. The first-order valence-corrected chi connectivity index (χ1v) is 6.61. The van der Waals surface area contributed by atoms with Crippen LogP contribution in [0, 0.1) is 10.1 Å². The van der Waals surface area contributed by atoms with Gasteiger partial charge in [0.05, 0.1) is 38.5 Å². The molecule has 0 aliphatic carbocycles. The maximum absolute atomic E-state index is 10.9. The maximum atomic E-state index is 10.9. The summed E-state index contributed by atoms with van der Waals surface area (Å²) in [6.07, 6.45) is 0.